The van der Waals surface area contributed by atoms with E-state index in [-0.39, 0.29) is 17.7 Å². The Kier molecular flexibility index (Phi) is 5.56. The van der Waals surface area contributed by atoms with Crippen LogP contribution < -0.4 is 5.73 Å². The highest BCUT2D eigenvalue weighted by molar-refractivity contribution is 7.58. The Labute approximate surface area is 119 Å². The number of non-ortho nitro benzene ring substituents is 1. The minimum atomic E-state index is -4.10. The fraction of sp³-hybridized carbons (Fsp3) is 0.364. The largest absolute Gasteiger partial charge is 0.480 e. The fourth-order valence-corrected chi connectivity index (χ4v) is 3.10. The van der Waals surface area contributed by atoms with Gasteiger partial charge in [0, 0.05) is 18.3 Å². The van der Waals surface area contributed by atoms with Crippen molar-refractivity contribution in [2.24, 2.45) is 5.73 Å². The van der Waals surface area contributed by atoms with Crippen LogP contribution in [0.1, 0.15) is 17.8 Å². The van der Waals surface area contributed by atoms with Crippen molar-refractivity contribution in [3.05, 3.63) is 39.9 Å². The van der Waals surface area contributed by atoms with E-state index in [9.17, 15) is 29.5 Å². The number of aliphatic carboxylic acids is 1. The standard InChI is InChI=1S/C11H15N2O7P/c12-9(10(14)15)5-6-21(19,20)11(16)7-1-3-8(4-2-7)13(17)18/h1-4,9,11,16H,5-6,12H2,(H,14,15)(H,19,20)/t9-,11?/m0/s1. The lowest BCUT2D eigenvalue weighted by Gasteiger charge is -2.19. The topological polar surface area (TPSA) is 164 Å². The Morgan fingerprint density at radius 2 is 1.90 bits per heavy atom. The van der Waals surface area contributed by atoms with Crippen LogP contribution in [0.5, 0.6) is 0 Å². The first-order valence-electron chi connectivity index (χ1n) is 5.87. The molecule has 0 aliphatic heterocycles. The van der Waals surface area contributed by atoms with Crippen LogP contribution in [0.4, 0.5) is 5.69 Å². The second-order valence-electron chi connectivity index (χ2n) is 4.43. The molecule has 0 amide bonds. The second-order valence-corrected chi connectivity index (χ2v) is 6.88. The third-order valence-corrected chi connectivity index (χ3v) is 4.82. The highest BCUT2D eigenvalue weighted by Crippen LogP contribution is 2.54. The van der Waals surface area contributed by atoms with Crippen molar-refractivity contribution in [3.63, 3.8) is 0 Å². The zero-order valence-electron chi connectivity index (χ0n) is 10.8. The normalized spacial score (nSPS) is 16.7. The van der Waals surface area contributed by atoms with Crippen molar-refractivity contribution in [1.82, 2.24) is 0 Å². The molecule has 2 unspecified atom stereocenters. The van der Waals surface area contributed by atoms with Gasteiger partial charge in [0.2, 0.25) is 7.37 Å². The molecule has 0 aliphatic carbocycles. The van der Waals surface area contributed by atoms with E-state index >= 15 is 0 Å². The smallest absolute Gasteiger partial charge is 0.320 e. The summed E-state index contributed by atoms with van der Waals surface area (Å²) in [4.78, 5) is 30.2. The molecule has 0 saturated heterocycles. The molecule has 9 nitrogen and oxygen atoms in total. The predicted octanol–water partition coefficient (Wildman–Crippen LogP) is 0.658. The molecule has 0 spiro atoms. The summed E-state index contributed by atoms with van der Waals surface area (Å²) in [5.41, 5.74) is 5.05. The lowest BCUT2D eigenvalue weighted by Crippen LogP contribution is -2.31. The number of hydrogen-bond donors (Lipinski definition) is 4. The molecule has 0 radical (unpaired) electrons. The Morgan fingerprint density at radius 3 is 2.33 bits per heavy atom. The maximum absolute atomic E-state index is 12.0. The molecule has 1 rings (SSSR count). The SMILES string of the molecule is N[C@@H](CCP(=O)(O)C(O)c1ccc([N+](=O)[O-])cc1)C(=O)O. The van der Waals surface area contributed by atoms with Crippen molar-refractivity contribution in [1.29, 1.82) is 0 Å². The van der Waals surface area contributed by atoms with Crippen molar-refractivity contribution in [2.75, 3.05) is 6.16 Å². The van der Waals surface area contributed by atoms with Crippen LogP contribution in [0.25, 0.3) is 0 Å². The summed E-state index contributed by atoms with van der Waals surface area (Å²) in [6, 6.07) is 3.24. The monoisotopic (exact) mass is 318 g/mol. The van der Waals surface area contributed by atoms with Crippen LogP contribution in [-0.4, -0.2) is 38.2 Å². The van der Waals surface area contributed by atoms with Gasteiger partial charge < -0.3 is 20.8 Å². The molecule has 0 saturated carbocycles. The molecule has 0 fully saturated rings. The van der Waals surface area contributed by atoms with Gasteiger partial charge in [0.25, 0.3) is 5.69 Å². The van der Waals surface area contributed by atoms with E-state index in [1.165, 1.54) is 12.1 Å². The summed E-state index contributed by atoms with van der Waals surface area (Å²) in [6.07, 6.45) is -0.744. The van der Waals surface area contributed by atoms with Crippen LogP contribution in [0.15, 0.2) is 24.3 Å². The number of carbonyl (C=O) groups is 1. The van der Waals surface area contributed by atoms with Gasteiger partial charge in [-0.2, -0.15) is 0 Å². The summed E-state index contributed by atoms with van der Waals surface area (Å²) in [5.74, 6) is -3.06. The summed E-state index contributed by atoms with van der Waals surface area (Å²) in [6.45, 7) is 0. The molecule has 1 aromatic rings. The van der Waals surface area contributed by atoms with Crippen molar-refractivity contribution < 1.29 is 29.4 Å². The molecule has 0 aliphatic rings. The van der Waals surface area contributed by atoms with Crippen LogP contribution in [-0.2, 0) is 9.36 Å². The molecule has 3 atom stereocenters. The summed E-state index contributed by atoms with van der Waals surface area (Å²) in [7, 11) is -4.10. The Hall–Kier alpha value is -1.80. The maximum Gasteiger partial charge on any atom is 0.320 e. The lowest BCUT2D eigenvalue weighted by molar-refractivity contribution is -0.384. The zero-order valence-corrected chi connectivity index (χ0v) is 11.7. The lowest BCUT2D eigenvalue weighted by atomic mass is 10.2. The highest BCUT2D eigenvalue weighted by Gasteiger charge is 2.31. The molecule has 0 aromatic heterocycles. The number of carboxylic acids is 1. The highest BCUT2D eigenvalue weighted by atomic mass is 31.2. The second kappa shape index (κ2) is 6.77. The van der Waals surface area contributed by atoms with Gasteiger partial charge in [-0.15, -0.1) is 0 Å². The van der Waals surface area contributed by atoms with Gasteiger partial charge in [-0.25, -0.2) is 0 Å². The molecule has 5 N–H and O–H groups in total. The van der Waals surface area contributed by atoms with Crippen LogP contribution in [0.3, 0.4) is 0 Å². The first-order valence-corrected chi connectivity index (χ1v) is 7.79. The van der Waals surface area contributed by atoms with E-state index in [4.69, 9.17) is 10.8 Å². The Balaban J connectivity index is 2.80. The van der Waals surface area contributed by atoms with Crippen molar-refractivity contribution in [2.45, 2.75) is 18.3 Å². The third-order valence-electron chi connectivity index (χ3n) is 2.86. The number of aliphatic hydroxyl groups is 1. The van der Waals surface area contributed by atoms with Gasteiger partial charge in [0.05, 0.1) is 4.92 Å². The van der Waals surface area contributed by atoms with Crippen molar-refractivity contribution >= 4 is 19.0 Å². The van der Waals surface area contributed by atoms with E-state index in [0.717, 1.165) is 12.1 Å². The third kappa shape index (κ3) is 4.61. The number of nitrogens with zero attached hydrogens (tertiary/aromatic N) is 1. The molecule has 116 valence electrons. The molecular formula is C11H15N2O7P. The maximum atomic E-state index is 12.0. The molecule has 21 heavy (non-hydrogen) atoms. The predicted molar refractivity (Wildman–Crippen MR) is 73.0 cm³/mol. The number of rotatable bonds is 7. The Morgan fingerprint density at radius 1 is 1.38 bits per heavy atom. The zero-order chi connectivity index (χ0) is 16.2. The van der Waals surface area contributed by atoms with E-state index in [1.807, 2.05) is 0 Å². The first kappa shape index (κ1) is 17.3. The number of carboxylic acid groups (broad SMARTS) is 1. The molecule has 0 heterocycles. The van der Waals surface area contributed by atoms with E-state index in [0.29, 0.717) is 0 Å². The average Bonchev–Trinajstić information content (AvgIpc) is 2.43. The Bertz CT molecular complexity index is 574. The first-order chi connectivity index (χ1) is 9.65. The molecular weight excluding hydrogens is 303 g/mol. The number of nitro groups is 1. The molecule has 1 aromatic carbocycles. The summed E-state index contributed by atoms with van der Waals surface area (Å²) < 4.78 is 12.0. The van der Waals surface area contributed by atoms with Gasteiger partial charge >= 0.3 is 5.97 Å². The van der Waals surface area contributed by atoms with Crippen LogP contribution >= 0.6 is 7.37 Å². The number of benzene rings is 1. The number of nitro benzene ring substituents is 1. The average molecular weight is 318 g/mol. The van der Waals surface area contributed by atoms with Gasteiger partial charge in [-0.05, 0) is 24.1 Å². The van der Waals surface area contributed by atoms with Gasteiger partial charge in [-0.3, -0.25) is 19.5 Å². The van der Waals surface area contributed by atoms with E-state index < -0.39 is 36.3 Å². The fourth-order valence-electron chi connectivity index (χ4n) is 1.57. The molecule has 0 bridgehead atoms. The van der Waals surface area contributed by atoms with Gasteiger partial charge in [0.1, 0.15) is 6.04 Å². The van der Waals surface area contributed by atoms with Gasteiger partial charge in [-0.1, -0.05) is 0 Å². The van der Waals surface area contributed by atoms with Gasteiger partial charge in [0.15, 0.2) is 5.85 Å². The van der Waals surface area contributed by atoms with Crippen LogP contribution in [0, 0.1) is 10.1 Å². The van der Waals surface area contributed by atoms with Crippen LogP contribution in [0.2, 0.25) is 0 Å². The summed E-state index contributed by atoms with van der Waals surface area (Å²) in [5, 5.41) is 28.9. The van der Waals surface area contributed by atoms with E-state index in [1.54, 1.807) is 0 Å². The quantitative estimate of drug-likeness (QED) is 0.323. The minimum absolute atomic E-state index is 0.0373. The molecule has 10 heteroatoms. The van der Waals surface area contributed by atoms with Crippen molar-refractivity contribution in [3.8, 4) is 0 Å². The minimum Gasteiger partial charge on any atom is -0.480 e. The summed E-state index contributed by atoms with van der Waals surface area (Å²) >= 11 is 0. The number of nitrogens with two attached hydrogens (primary N) is 1. The van der Waals surface area contributed by atoms with E-state index in [2.05, 4.69) is 0 Å². The number of aliphatic hydroxyl groups excluding tert-OH is 1. The number of hydrogen-bond acceptors (Lipinski definition) is 6.